The number of aliphatic hydroxyl groups is 1. The van der Waals surface area contributed by atoms with E-state index in [1.54, 1.807) is 6.20 Å². The molecule has 0 aliphatic heterocycles. The number of halogens is 3. The van der Waals surface area contributed by atoms with Gasteiger partial charge in [-0.25, -0.2) is 9.50 Å². The molecule has 0 amide bonds. The highest BCUT2D eigenvalue weighted by Crippen LogP contribution is 2.36. The molecule has 3 aromatic rings. The summed E-state index contributed by atoms with van der Waals surface area (Å²) in [6, 6.07) is 0. The Hall–Kier alpha value is -2.00. The topological polar surface area (TPSA) is 63.3 Å². The average Bonchev–Trinajstić information content (AvgIpc) is 3.04. The van der Waals surface area contributed by atoms with E-state index in [4.69, 9.17) is 0 Å². The molecule has 1 N–H and O–H groups in total. The maximum atomic E-state index is 12.5. The molecule has 0 fully saturated rings. The zero-order valence-electron chi connectivity index (χ0n) is 9.74. The van der Waals surface area contributed by atoms with Crippen LogP contribution in [0, 0.1) is 0 Å². The molecule has 3 rings (SSSR count). The van der Waals surface area contributed by atoms with Crippen LogP contribution in [0.5, 0.6) is 0 Å². The average molecular weight is 300 g/mol. The van der Waals surface area contributed by atoms with Crippen LogP contribution < -0.4 is 0 Å². The molecule has 20 heavy (non-hydrogen) atoms. The number of alkyl halides is 3. The van der Waals surface area contributed by atoms with Gasteiger partial charge in [0, 0.05) is 24.2 Å². The molecular formula is C11H7F3N4OS. The first kappa shape index (κ1) is 13.0. The molecule has 0 bridgehead atoms. The van der Waals surface area contributed by atoms with Crippen LogP contribution >= 0.6 is 11.3 Å². The fourth-order valence-corrected chi connectivity index (χ4v) is 2.55. The highest BCUT2D eigenvalue weighted by Gasteiger charge is 2.35. The summed E-state index contributed by atoms with van der Waals surface area (Å²) < 4.78 is 39.0. The van der Waals surface area contributed by atoms with Crippen molar-refractivity contribution in [2.75, 3.05) is 0 Å². The fraction of sp³-hybridized carbons (Fsp3) is 0.182. The minimum absolute atomic E-state index is 0.107. The van der Waals surface area contributed by atoms with Crippen LogP contribution in [-0.4, -0.2) is 24.7 Å². The van der Waals surface area contributed by atoms with Crippen LogP contribution in [0.2, 0.25) is 0 Å². The molecule has 3 heterocycles. The van der Waals surface area contributed by atoms with Gasteiger partial charge in [0.05, 0.1) is 22.8 Å². The van der Waals surface area contributed by atoms with Gasteiger partial charge in [-0.3, -0.25) is 4.98 Å². The molecule has 1 unspecified atom stereocenters. The number of aromatic nitrogens is 4. The van der Waals surface area contributed by atoms with Crippen molar-refractivity contribution in [1.29, 1.82) is 0 Å². The maximum Gasteiger partial charge on any atom is 0.443 e. The SMILES string of the molecule is OC(c1cnc(C(F)(F)F)s1)c1cnn2ccncc12. The second-order valence-corrected chi connectivity index (χ2v) is 5.04. The standard InChI is InChI=1S/C11H7F3N4OS/c12-11(13,14)10-16-5-8(20-10)9(19)6-3-17-18-2-1-15-4-7(6)18/h1-5,9,19H. The number of thiazole rings is 1. The summed E-state index contributed by atoms with van der Waals surface area (Å²) in [5.74, 6) is 0. The summed E-state index contributed by atoms with van der Waals surface area (Å²) in [7, 11) is 0. The summed E-state index contributed by atoms with van der Waals surface area (Å²) in [6.07, 6.45) is 1.28. The van der Waals surface area contributed by atoms with Crippen LogP contribution in [0.1, 0.15) is 21.6 Å². The smallest absolute Gasteiger partial charge is 0.383 e. The first-order valence-electron chi connectivity index (χ1n) is 5.45. The number of rotatable bonds is 2. The zero-order valence-corrected chi connectivity index (χ0v) is 10.6. The van der Waals surface area contributed by atoms with E-state index < -0.39 is 17.3 Å². The molecule has 0 aromatic carbocycles. The summed E-state index contributed by atoms with van der Waals surface area (Å²) in [4.78, 5) is 7.30. The molecular weight excluding hydrogens is 293 g/mol. The van der Waals surface area contributed by atoms with E-state index in [1.807, 2.05) is 0 Å². The van der Waals surface area contributed by atoms with E-state index in [-0.39, 0.29) is 4.88 Å². The Bertz CT molecular complexity index is 751. The van der Waals surface area contributed by atoms with Crippen LogP contribution in [0.25, 0.3) is 5.52 Å². The monoisotopic (exact) mass is 300 g/mol. The number of fused-ring (bicyclic) bond motifs is 1. The number of nitrogens with zero attached hydrogens (tertiary/aromatic N) is 4. The Morgan fingerprint density at radius 1 is 1.25 bits per heavy atom. The first-order chi connectivity index (χ1) is 9.47. The van der Waals surface area contributed by atoms with Crippen LogP contribution in [-0.2, 0) is 6.18 Å². The van der Waals surface area contributed by atoms with Crippen molar-refractivity contribution in [2.45, 2.75) is 12.3 Å². The van der Waals surface area contributed by atoms with E-state index in [0.29, 0.717) is 22.4 Å². The van der Waals surface area contributed by atoms with Gasteiger partial charge >= 0.3 is 6.18 Å². The van der Waals surface area contributed by atoms with E-state index in [1.165, 1.54) is 23.1 Å². The van der Waals surface area contributed by atoms with E-state index >= 15 is 0 Å². The van der Waals surface area contributed by atoms with Crippen molar-refractivity contribution in [3.05, 3.63) is 46.4 Å². The largest absolute Gasteiger partial charge is 0.443 e. The maximum absolute atomic E-state index is 12.5. The predicted octanol–water partition coefficient (Wildman–Crippen LogP) is 2.29. The second-order valence-electron chi connectivity index (χ2n) is 3.97. The van der Waals surface area contributed by atoms with Gasteiger partial charge in [0.2, 0.25) is 0 Å². The van der Waals surface area contributed by atoms with Crippen molar-refractivity contribution in [2.24, 2.45) is 0 Å². The summed E-state index contributed by atoms with van der Waals surface area (Å²) >= 11 is 0.411. The van der Waals surface area contributed by atoms with Crippen molar-refractivity contribution >= 4 is 16.9 Å². The normalized spacial score (nSPS) is 13.8. The van der Waals surface area contributed by atoms with Crippen molar-refractivity contribution in [1.82, 2.24) is 19.6 Å². The zero-order chi connectivity index (χ0) is 14.3. The Balaban J connectivity index is 2.00. The predicted molar refractivity (Wildman–Crippen MR) is 64.2 cm³/mol. The molecule has 104 valence electrons. The molecule has 1 atom stereocenters. The van der Waals surface area contributed by atoms with Gasteiger partial charge in [-0.1, -0.05) is 0 Å². The lowest BCUT2D eigenvalue weighted by Crippen LogP contribution is -2.03. The number of aliphatic hydroxyl groups excluding tert-OH is 1. The van der Waals surface area contributed by atoms with Crippen LogP contribution in [0.3, 0.4) is 0 Å². The molecule has 9 heteroatoms. The highest BCUT2D eigenvalue weighted by atomic mass is 32.1. The van der Waals surface area contributed by atoms with Crippen molar-refractivity contribution < 1.29 is 18.3 Å². The Labute approximate surface area is 114 Å². The third-order valence-corrected chi connectivity index (χ3v) is 3.78. The Morgan fingerprint density at radius 2 is 2.05 bits per heavy atom. The number of hydrogen-bond acceptors (Lipinski definition) is 5. The Morgan fingerprint density at radius 3 is 2.75 bits per heavy atom. The van der Waals surface area contributed by atoms with Gasteiger partial charge in [0.15, 0.2) is 5.01 Å². The van der Waals surface area contributed by atoms with E-state index in [2.05, 4.69) is 15.1 Å². The van der Waals surface area contributed by atoms with E-state index in [9.17, 15) is 18.3 Å². The molecule has 0 aliphatic rings. The quantitative estimate of drug-likeness (QED) is 0.788. The summed E-state index contributed by atoms with van der Waals surface area (Å²) in [5, 5.41) is 13.2. The first-order valence-corrected chi connectivity index (χ1v) is 6.26. The molecule has 0 aliphatic carbocycles. The second kappa shape index (κ2) is 4.53. The van der Waals surface area contributed by atoms with Crippen molar-refractivity contribution in [3.8, 4) is 0 Å². The van der Waals surface area contributed by atoms with Gasteiger partial charge in [-0.05, 0) is 0 Å². The van der Waals surface area contributed by atoms with E-state index in [0.717, 1.165) is 6.20 Å². The minimum Gasteiger partial charge on any atom is -0.383 e. The van der Waals surface area contributed by atoms with Gasteiger partial charge in [-0.2, -0.15) is 18.3 Å². The van der Waals surface area contributed by atoms with Gasteiger partial charge < -0.3 is 5.11 Å². The lowest BCUT2D eigenvalue weighted by Gasteiger charge is -2.05. The highest BCUT2D eigenvalue weighted by molar-refractivity contribution is 7.11. The third kappa shape index (κ3) is 2.14. The molecule has 0 spiro atoms. The molecule has 0 saturated carbocycles. The van der Waals surface area contributed by atoms with Gasteiger partial charge in [-0.15, -0.1) is 11.3 Å². The third-order valence-electron chi connectivity index (χ3n) is 2.68. The molecule has 3 aromatic heterocycles. The van der Waals surface area contributed by atoms with Gasteiger partial charge in [0.25, 0.3) is 0 Å². The molecule has 0 saturated heterocycles. The van der Waals surface area contributed by atoms with Gasteiger partial charge in [0.1, 0.15) is 6.10 Å². The molecule has 5 nitrogen and oxygen atoms in total. The summed E-state index contributed by atoms with van der Waals surface area (Å²) in [5.41, 5.74) is 0.914. The van der Waals surface area contributed by atoms with Crippen LogP contribution in [0.15, 0.2) is 31.0 Å². The lowest BCUT2D eigenvalue weighted by molar-refractivity contribution is -0.137. The molecule has 0 radical (unpaired) electrons. The fourth-order valence-electron chi connectivity index (χ4n) is 1.76. The van der Waals surface area contributed by atoms with Crippen LogP contribution in [0.4, 0.5) is 13.2 Å². The number of hydrogen-bond donors (Lipinski definition) is 1. The summed E-state index contributed by atoms with van der Waals surface area (Å²) in [6.45, 7) is 0. The Kier molecular flexibility index (Phi) is 2.94. The lowest BCUT2D eigenvalue weighted by atomic mass is 10.1. The van der Waals surface area contributed by atoms with Crippen molar-refractivity contribution in [3.63, 3.8) is 0 Å². The minimum atomic E-state index is -4.51.